The zero-order chi connectivity index (χ0) is 15.3. The second kappa shape index (κ2) is 6.40. The predicted molar refractivity (Wildman–Crippen MR) is 78.4 cm³/mol. The molecule has 108 valence electrons. The molecular formula is C15H21N3O2. The van der Waals surface area contributed by atoms with Gasteiger partial charge < -0.3 is 15.7 Å². The number of rotatable bonds is 3. The fraction of sp³-hybridized carbons (Fsp3) is 0.467. The number of carbonyl (C=O) groups is 1. The third kappa shape index (κ3) is 4.56. The maximum absolute atomic E-state index is 11.8. The van der Waals surface area contributed by atoms with E-state index in [1.165, 1.54) is 0 Å². The fourth-order valence-electron chi connectivity index (χ4n) is 1.49. The fourth-order valence-corrected chi connectivity index (χ4v) is 1.49. The number of anilines is 1. The second-order valence-electron chi connectivity index (χ2n) is 5.86. The van der Waals surface area contributed by atoms with Crippen molar-refractivity contribution in [3.8, 4) is 6.07 Å². The molecule has 0 aromatic heterocycles. The smallest absolute Gasteiger partial charge is 0.319 e. The Morgan fingerprint density at radius 2 is 2.10 bits per heavy atom. The molecule has 0 saturated heterocycles. The number of benzene rings is 1. The topological polar surface area (TPSA) is 85.2 Å². The van der Waals surface area contributed by atoms with Gasteiger partial charge in [0, 0.05) is 12.2 Å². The number of amides is 2. The SMILES string of the molecule is Cc1ccc(C#N)cc1NC(=O)NCC(O)C(C)(C)C. The van der Waals surface area contributed by atoms with E-state index in [2.05, 4.69) is 10.6 Å². The van der Waals surface area contributed by atoms with E-state index in [9.17, 15) is 9.90 Å². The largest absolute Gasteiger partial charge is 0.391 e. The molecule has 0 saturated carbocycles. The molecule has 2 amide bonds. The average Bonchev–Trinajstić information content (AvgIpc) is 2.37. The van der Waals surface area contributed by atoms with Crippen molar-refractivity contribution in [3.63, 3.8) is 0 Å². The number of carbonyl (C=O) groups excluding carboxylic acids is 1. The van der Waals surface area contributed by atoms with Gasteiger partial charge in [-0.25, -0.2) is 4.79 Å². The summed E-state index contributed by atoms with van der Waals surface area (Å²) in [6.07, 6.45) is -0.625. The van der Waals surface area contributed by atoms with Crippen molar-refractivity contribution in [2.45, 2.75) is 33.8 Å². The molecule has 0 radical (unpaired) electrons. The molecule has 5 heteroatoms. The summed E-state index contributed by atoms with van der Waals surface area (Å²) < 4.78 is 0. The molecule has 1 aromatic rings. The third-order valence-corrected chi connectivity index (χ3v) is 3.07. The number of hydrogen-bond acceptors (Lipinski definition) is 3. The van der Waals surface area contributed by atoms with E-state index in [-0.39, 0.29) is 12.0 Å². The molecule has 0 aliphatic carbocycles. The monoisotopic (exact) mass is 275 g/mol. The van der Waals surface area contributed by atoms with Crippen LogP contribution in [0.1, 0.15) is 31.9 Å². The van der Waals surface area contributed by atoms with Crippen LogP contribution >= 0.6 is 0 Å². The van der Waals surface area contributed by atoms with Crippen LogP contribution in [-0.4, -0.2) is 23.8 Å². The first-order valence-corrected chi connectivity index (χ1v) is 6.47. The van der Waals surface area contributed by atoms with E-state index in [4.69, 9.17) is 5.26 Å². The Hall–Kier alpha value is -2.06. The van der Waals surface area contributed by atoms with Gasteiger partial charge in [0.25, 0.3) is 0 Å². The van der Waals surface area contributed by atoms with Gasteiger partial charge in [-0.3, -0.25) is 0 Å². The highest BCUT2D eigenvalue weighted by Crippen LogP contribution is 2.18. The van der Waals surface area contributed by atoms with Gasteiger partial charge in [0.05, 0.1) is 17.7 Å². The summed E-state index contributed by atoms with van der Waals surface area (Å²) in [4.78, 5) is 11.8. The van der Waals surface area contributed by atoms with Gasteiger partial charge in [-0.1, -0.05) is 26.8 Å². The van der Waals surface area contributed by atoms with Crippen LogP contribution in [-0.2, 0) is 0 Å². The van der Waals surface area contributed by atoms with E-state index in [0.717, 1.165) is 5.56 Å². The molecule has 0 bridgehead atoms. The quantitative estimate of drug-likeness (QED) is 0.791. The van der Waals surface area contributed by atoms with Crippen molar-refractivity contribution in [2.24, 2.45) is 5.41 Å². The molecular weight excluding hydrogens is 254 g/mol. The predicted octanol–water partition coefficient (Wildman–Crippen LogP) is 2.40. The molecule has 1 rings (SSSR count). The van der Waals surface area contributed by atoms with Crippen molar-refractivity contribution in [1.29, 1.82) is 5.26 Å². The molecule has 5 nitrogen and oxygen atoms in total. The normalized spacial score (nSPS) is 12.4. The van der Waals surface area contributed by atoms with Crippen molar-refractivity contribution in [1.82, 2.24) is 5.32 Å². The van der Waals surface area contributed by atoms with Gasteiger partial charge in [0.2, 0.25) is 0 Å². The van der Waals surface area contributed by atoms with Gasteiger partial charge >= 0.3 is 6.03 Å². The maximum Gasteiger partial charge on any atom is 0.319 e. The van der Waals surface area contributed by atoms with Crippen LogP contribution < -0.4 is 10.6 Å². The molecule has 1 aromatic carbocycles. The molecule has 20 heavy (non-hydrogen) atoms. The van der Waals surface area contributed by atoms with Crippen LogP contribution in [0.15, 0.2) is 18.2 Å². The molecule has 0 aliphatic heterocycles. The highest BCUT2D eigenvalue weighted by molar-refractivity contribution is 5.90. The number of nitrogens with zero attached hydrogens (tertiary/aromatic N) is 1. The van der Waals surface area contributed by atoms with E-state index >= 15 is 0 Å². The molecule has 1 unspecified atom stereocenters. The number of hydrogen-bond donors (Lipinski definition) is 3. The van der Waals surface area contributed by atoms with Gasteiger partial charge in [0.15, 0.2) is 0 Å². The minimum atomic E-state index is -0.625. The summed E-state index contributed by atoms with van der Waals surface area (Å²) in [6.45, 7) is 7.72. The second-order valence-corrected chi connectivity index (χ2v) is 5.86. The number of urea groups is 1. The van der Waals surface area contributed by atoms with Gasteiger partial charge in [-0.05, 0) is 30.0 Å². The van der Waals surface area contributed by atoms with Gasteiger partial charge in [-0.2, -0.15) is 5.26 Å². The Labute approximate surface area is 119 Å². The van der Waals surface area contributed by atoms with Gasteiger partial charge in [0.1, 0.15) is 0 Å². The van der Waals surface area contributed by atoms with E-state index < -0.39 is 12.1 Å². The van der Waals surface area contributed by atoms with Crippen molar-refractivity contribution in [2.75, 3.05) is 11.9 Å². The summed E-state index contributed by atoms with van der Waals surface area (Å²) in [7, 11) is 0. The van der Waals surface area contributed by atoms with Crippen LogP contribution in [0, 0.1) is 23.7 Å². The van der Waals surface area contributed by atoms with Crippen molar-refractivity contribution in [3.05, 3.63) is 29.3 Å². The van der Waals surface area contributed by atoms with Crippen LogP contribution in [0.25, 0.3) is 0 Å². The maximum atomic E-state index is 11.8. The van der Waals surface area contributed by atoms with Crippen LogP contribution in [0.2, 0.25) is 0 Å². The Balaban J connectivity index is 2.62. The Morgan fingerprint density at radius 3 is 2.65 bits per heavy atom. The van der Waals surface area contributed by atoms with Crippen molar-refractivity contribution >= 4 is 11.7 Å². The molecule has 3 N–H and O–H groups in total. The highest BCUT2D eigenvalue weighted by atomic mass is 16.3. The molecule has 0 fully saturated rings. The first kappa shape index (κ1) is 16.0. The van der Waals surface area contributed by atoms with Gasteiger partial charge in [-0.15, -0.1) is 0 Å². The summed E-state index contributed by atoms with van der Waals surface area (Å²) in [5, 5.41) is 24.0. The van der Waals surface area contributed by atoms with Crippen LogP contribution in [0.4, 0.5) is 10.5 Å². The lowest BCUT2D eigenvalue weighted by Crippen LogP contribution is -2.41. The average molecular weight is 275 g/mol. The number of aryl methyl sites for hydroxylation is 1. The standard InChI is InChI=1S/C15H21N3O2/c1-10-5-6-11(8-16)7-12(10)18-14(20)17-9-13(19)15(2,3)4/h5-7,13,19H,9H2,1-4H3,(H2,17,18,20). The van der Waals surface area contributed by atoms with E-state index in [0.29, 0.717) is 11.3 Å². The molecule has 0 spiro atoms. The number of aliphatic hydroxyl groups is 1. The number of aliphatic hydroxyl groups excluding tert-OH is 1. The molecule has 0 aliphatic rings. The number of nitriles is 1. The molecule has 1 atom stereocenters. The highest BCUT2D eigenvalue weighted by Gasteiger charge is 2.22. The van der Waals surface area contributed by atoms with Crippen LogP contribution in [0.3, 0.4) is 0 Å². The van der Waals surface area contributed by atoms with E-state index in [1.54, 1.807) is 18.2 Å². The summed E-state index contributed by atoms with van der Waals surface area (Å²) in [5.41, 5.74) is 1.66. The first-order valence-electron chi connectivity index (χ1n) is 6.47. The Morgan fingerprint density at radius 1 is 1.45 bits per heavy atom. The lowest BCUT2D eigenvalue weighted by atomic mass is 9.89. The summed E-state index contributed by atoms with van der Waals surface area (Å²) in [5.74, 6) is 0. The zero-order valence-corrected chi connectivity index (χ0v) is 12.3. The lowest BCUT2D eigenvalue weighted by Gasteiger charge is -2.25. The molecule has 0 heterocycles. The summed E-state index contributed by atoms with van der Waals surface area (Å²) in [6, 6.07) is 6.72. The van der Waals surface area contributed by atoms with Crippen molar-refractivity contribution < 1.29 is 9.90 Å². The minimum Gasteiger partial charge on any atom is -0.391 e. The van der Waals surface area contributed by atoms with Crippen LogP contribution in [0.5, 0.6) is 0 Å². The van der Waals surface area contributed by atoms with E-state index in [1.807, 2.05) is 33.8 Å². The minimum absolute atomic E-state index is 0.173. The lowest BCUT2D eigenvalue weighted by molar-refractivity contribution is 0.0654. The zero-order valence-electron chi connectivity index (χ0n) is 12.3. The third-order valence-electron chi connectivity index (χ3n) is 3.07. The summed E-state index contributed by atoms with van der Waals surface area (Å²) >= 11 is 0. The Kier molecular flexibility index (Phi) is 5.12. The Bertz CT molecular complexity index is 527. The number of nitrogens with one attached hydrogen (secondary N) is 2. The first-order chi connectivity index (χ1) is 9.24.